The normalized spacial score (nSPS) is 11.8. The molecular weight excluding hydrogens is 325 g/mol. The summed E-state index contributed by atoms with van der Waals surface area (Å²) >= 11 is 12.0. The van der Waals surface area contributed by atoms with Gasteiger partial charge in [-0.3, -0.25) is 9.59 Å². The topological polar surface area (TPSA) is 66.4 Å². The summed E-state index contributed by atoms with van der Waals surface area (Å²) in [6.07, 6.45) is -0.315. The fraction of sp³-hybridized carbons (Fsp3) is 0.125. The van der Waals surface area contributed by atoms with Crippen molar-refractivity contribution in [3.8, 4) is 0 Å². The van der Waals surface area contributed by atoms with Crippen molar-refractivity contribution in [3.05, 3.63) is 69.2 Å². The molecule has 1 amide bonds. The minimum Gasteiger partial charge on any atom is -0.386 e. The molecule has 6 heteroatoms. The molecule has 0 aliphatic heterocycles. The van der Waals surface area contributed by atoms with Gasteiger partial charge in [0.05, 0.1) is 6.10 Å². The van der Waals surface area contributed by atoms with Gasteiger partial charge in [0.1, 0.15) is 6.29 Å². The third-order valence-corrected chi connectivity index (χ3v) is 3.76. The van der Waals surface area contributed by atoms with E-state index < -0.39 is 6.10 Å². The zero-order valence-electron chi connectivity index (χ0n) is 11.4. The van der Waals surface area contributed by atoms with Crippen LogP contribution in [0.25, 0.3) is 0 Å². The Morgan fingerprint density at radius 2 is 1.73 bits per heavy atom. The van der Waals surface area contributed by atoms with Crippen molar-refractivity contribution in [1.29, 1.82) is 0 Å². The van der Waals surface area contributed by atoms with E-state index in [2.05, 4.69) is 5.32 Å². The Hall–Kier alpha value is -1.88. The van der Waals surface area contributed by atoms with Crippen LogP contribution >= 0.6 is 23.2 Å². The predicted molar refractivity (Wildman–Crippen MR) is 85.6 cm³/mol. The highest BCUT2D eigenvalue weighted by Crippen LogP contribution is 2.29. The molecule has 2 aromatic rings. The summed E-state index contributed by atoms with van der Waals surface area (Å²) in [5, 5.41) is 13.4. The van der Waals surface area contributed by atoms with Gasteiger partial charge in [-0.15, -0.1) is 0 Å². The summed E-state index contributed by atoms with van der Waals surface area (Å²) in [4.78, 5) is 22.5. The molecule has 0 aliphatic carbocycles. The lowest BCUT2D eigenvalue weighted by molar-refractivity contribution is 0.0916. The summed E-state index contributed by atoms with van der Waals surface area (Å²) < 4.78 is 0. The lowest BCUT2D eigenvalue weighted by Gasteiger charge is -2.15. The number of hydrogen-bond acceptors (Lipinski definition) is 3. The van der Waals surface area contributed by atoms with E-state index in [1.165, 1.54) is 12.1 Å². The third-order valence-electron chi connectivity index (χ3n) is 3.10. The molecule has 114 valence electrons. The number of carbonyl (C=O) groups is 2. The number of rotatable bonds is 5. The molecule has 4 nitrogen and oxygen atoms in total. The SMILES string of the molecule is O=Cc1ccc(C(=O)NCC(O)c2c(Cl)cccc2Cl)cc1. The van der Waals surface area contributed by atoms with Crippen molar-refractivity contribution in [1.82, 2.24) is 5.32 Å². The fourth-order valence-electron chi connectivity index (χ4n) is 1.94. The summed E-state index contributed by atoms with van der Waals surface area (Å²) in [6, 6.07) is 11.1. The van der Waals surface area contributed by atoms with Crippen molar-refractivity contribution in [2.75, 3.05) is 6.54 Å². The molecule has 2 rings (SSSR count). The fourth-order valence-corrected chi connectivity index (χ4v) is 2.58. The van der Waals surface area contributed by atoms with E-state index in [4.69, 9.17) is 23.2 Å². The molecule has 1 unspecified atom stereocenters. The largest absolute Gasteiger partial charge is 0.386 e. The number of benzene rings is 2. The minimum absolute atomic E-state index is 0.0300. The molecule has 0 saturated heterocycles. The summed E-state index contributed by atoms with van der Waals surface area (Å²) in [6.45, 7) is -0.0300. The number of aliphatic hydroxyl groups is 1. The van der Waals surface area contributed by atoms with Gasteiger partial charge in [-0.05, 0) is 24.3 Å². The van der Waals surface area contributed by atoms with Gasteiger partial charge in [-0.2, -0.15) is 0 Å². The predicted octanol–water partition coefficient (Wildman–Crippen LogP) is 3.27. The van der Waals surface area contributed by atoms with Crippen LogP contribution < -0.4 is 5.32 Å². The maximum absolute atomic E-state index is 12.0. The first kappa shape index (κ1) is 16.5. The van der Waals surface area contributed by atoms with E-state index in [0.29, 0.717) is 33.0 Å². The van der Waals surface area contributed by atoms with Crippen LogP contribution in [-0.4, -0.2) is 23.8 Å². The van der Waals surface area contributed by atoms with Crippen LogP contribution in [-0.2, 0) is 0 Å². The first-order valence-electron chi connectivity index (χ1n) is 6.48. The Morgan fingerprint density at radius 1 is 1.14 bits per heavy atom. The number of aliphatic hydroxyl groups excluding tert-OH is 1. The summed E-state index contributed by atoms with van der Waals surface area (Å²) in [5.74, 6) is -0.361. The third kappa shape index (κ3) is 3.85. The average Bonchev–Trinajstić information content (AvgIpc) is 2.52. The second kappa shape index (κ2) is 7.40. The van der Waals surface area contributed by atoms with Gasteiger partial charge in [0.25, 0.3) is 5.91 Å². The molecule has 0 aliphatic rings. The first-order chi connectivity index (χ1) is 10.5. The highest BCUT2D eigenvalue weighted by atomic mass is 35.5. The second-order valence-corrected chi connectivity index (χ2v) is 5.42. The molecule has 0 aromatic heterocycles. The van der Waals surface area contributed by atoms with Crippen molar-refractivity contribution in [3.63, 3.8) is 0 Å². The summed E-state index contributed by atoms with van der Waals surface area (Å²) in [5.41, 5.74) is 1.25. The van der Waals surface area contributed by atoms with Crippen molar-refractivity contribution < 1.29 is 14.7 Å². The zero-order valence-corrected chi connectivity index (χ0v) is 12.9. The van der Waals surface area contributed by atoms with E-state index in [0.717, 1.165) is 0 Å². The zero-order chi connectivity index (χ0) is 16.1. The molecule has 0 fully saturated rings. The highest BCUT2D eigenvalue weighted by molar-refractivity contribution is 6.36. The monoisotopic (exact) mass is 337 g/mol. The van der Waals surface area contributed by atoms with Gasteiger partial charge in [0.2, 0.25) is 0 Å². The molecule has 0 bridgehead atoms. The van der Waals surface area contributed by atoms with Crippen molar-refractivity contribution in [2.45, 2.75) is 6.10 Å². The van der Waals surface area contributed by atoms with Gasteiger partial charge < -0.3 is 10.4 Å². The Labute approximate surface area is 137 Å². The molecule has 0 saturated carbocycles. The quantitative estimate of drug-likeness (QED) is 0.823. The number of nitrogens with one attached hydrogen (secondary N) is 1. The standard InChI is InChI=1S/C16H13Cl2NO3/c17-12-2-1-3-13(18)15(12)14(21)8-19-16(22)11-6-4-10(9-20)5-7-11/h1-7,9,14,21H,8H2,(H,19,22). The van der Waals surface area contributed by atoms with Gasteiger partial charge in [-0.1, -0.05) is 41.4 Å². The maximum Gasteiger partial charge on any atom is 0.251 e. The smallest absolute Gasteiger partial charge is 0.251 e. The van der Waals surface area contributed by atoms with Crippen LogP contribution in [0.2, 0.25) is 10.0 Å². The van der Waals surface area contributed by atoms with Gasteiger partial charge in [0, 0.05) is 33.3 Å². The van der Waals surface area contributed by atoms with Crippen molar-refractivity contribution >= 4 is 35.4 Å². The molecule has 22 heavy (non-hydrogen) atoms. The van der Waals surface area contributed by atoms with Gasteiger partial charge in [-0.25, -0.2) is 0 Å². The maximum atomic E-state index is 12.0. The molecular formula is C16H13Cl2NO3. The van der Waals surface area contributed by atoms with Crippen molar-refractivity contribution in [2.24, 2.45) is 0 Å². The second-order valence-electron chi connectivity index (χ2n) is 4.60. The van der Waals surface area contributed by atoms with Crippen LogP contribution in [0.15, 0.2) is 42.5 Å². The Morgan fingerprint density at radius 3 is 2.27 bits per heavy atom. The Kier molecular flexibility index (Phi) is 5.55. The minimum atomic E-state index is -1.01. The van der Waals surface area contributed by atoms with E-state index in [9.17, 15) is 14.7 Å². The average molecular weight is 338 g/mol. The molecule has 0 heterocycles. The number of halogens is 2. The summed E-state index contributed by atoms with van der Waals surface area (Å²) in [7, 11) is 0. The number of aldehydes is 1. The van der Waals surface area contributed by atoms with Crippen LogP contribution in [0.5, 0.6) is 0 Å². The number of carbonyl (C=O) groups excluding carboxylic acids is 2. The van der Waals surface area contributed by atoms with E-state index >= 15 is 0 Å². The van der Waals surface area contributed by atoms with Crippen LogP contribution in [0.3, 0.4) is 0 Å². The molecule has 0 radical (unpaired) electrons. The lowest BCUT2D eigenvalue weighted by Crippen LogP contribution is -2.28. The van der Waals surface area contributed by atoms with Crippen LogP contribution in [0, 0.1) is 0 Å². The van der Waals surface area contributed by atoms with Gasteiger partial charge in [0.15, 0.2) is 0 Å². The van der Waals surface area contributed by atoms with Gasteiger partial charge >= 0.3 is 0 Å². The number of hydrogen-bond donors (Lipinski definition) is 2. The van der Waals surface area contributed by atoms with E-state index in [1.807, 2.05) is 0 Å². The van der Waals surface area contributed by atoms with Crippen LogP contribution in [0.4, 0.5) is 0 Å². The molecule has 1 atom stereocenters. The van der Waals surface area contributed by atoms with Crippen LogP contribution in [0.1, 0.15) is 32.4 Å². The van der Waals surface area contributed by atoms with E-state index in [-0.39, 0.29) is 12.5 Å². The molecule has 2 N–H and O–H groups in total. The highest BCUT2D eigenvalue weighted by Gasteiger charge is 2.16. The lowest BCUT2D eigenvalue weighted by atomic mass is 10.1. The Bertz CT molecular complexity index is 666. The first-order valence-corrected chi connectivity index (χ1v) is 7.24. The Balaban J connectivity index is 2.02. The van der Waals surface area contributed by atoms with E-state index in [1.54, 1.807) is 30.3 Å². The number of amides is 1. The molecule has 0 spiro atoms. The molecule has 2 aromatic carbocycles.